The summed E-state index contributed by atoms with van der Waals surface area (Å²) < 4.78 is 1.83. The molecular formula is C22H32N4O. The van der Waals surface area contributed by atoms with Gasteiger partial charge in [-0.1, -0.05) is 31.2 Å². The Morgan fingerprint density at radius 2 is 2.04 bits per heavy atom. The van der Waals surface area contributed by atoms with E-state index in [9.17, 15) is 4.79 Å². The first kappa shape index (κ1) is 19.6. The van der Waals surface area contributed by atoms with Gasteiger partial charge in [-0.05, 0) is 62.8 Å². The van der Waals surface area contributed by atoms with Gasteiger partial charge in [0.25, 0.3) is 0 Å². The Balaban J connectivity index is 1.44. The number of hydrogen-bond donors (Lipinski definition) is 1. The number of nitrogens with one attached hydrogen (secondary N) is 1. The van der Waals surface area contributed by atoms with E-state index in [0.29, 0.717) is 19.0 Å². The minimum Gasteiger partial charge on any atom is -0.353 e. The van der Waals surface area contributed by atoms with E-state index in [4.69, 9.17) is 0 Å². The van der Waals surface area contributed by atoms with Crippen LogP contribution in [-0.4, -0.2) is 46.8 Å². The third-order valence-corrected chi connectivity index (χ3v) is 5.83. The molecule has 2 heterocycles. The average Bonchev–Trinajstić information content (AvgIpc) is 3.20. The number of aromatic nitrogens is 2. The van der Waals surface area contributed by atoms with Gasteiger partial charge in [-0.3, -0.25) is 9.48 Å². The molecule has 1 aromatic heterocycles. The van der Waals surface area contributed by atoms with E-state index in [0.717, 1.165) is 37.4 Å². The van der Waals surface area contributed by atoms with Gasteiger partial charge in [0.2, 0.25) is 5.91 Å². The summed E-state index contributed by atoms with van der Waals surface area (Å²) >= 11 is 0. The van der Waals surface area contributed by atoms with Crippen molar-refractivity contribution in [1.82, 2.24) is 20.0 Å². The van der Waals surface area contributed by atoms with Gasteiger partial charge >= 0.3 is 0 Å². The molecule has 1 N–H and O–H groups in total. The van der Waals surface area contributed by atoms with Crippen molar-refractivity contribution in [3.05, 3.63) is 52.3 Å². The van der Waals surface area contributed by atoms with E-state index < -0.39 is 0 Å². The molecule has 27 heavy (non-hydrogen) atoms. The van der Waals surface area contributed by atoms with Crippen LogP contribution in [0.3, 0.4) is 0 Å². The van der Waals surface area contributed by atoms with Crippen LogP contribution in [-0.2, 0) is 17.8 Å². The van der Waals surface area contributed by atoms with Crippen LogP contribution in [0.1, 0.15) is 47.3 Å². The Labute approximate surface area is 162 Å². The standard InChI is InChI=1S/C22H32N4O/c1-5-20-17(3)24-26(18(20)4)15-22(27)23-11-13-25-12-10-19(14-25)21-9-7-6-8-16(21)2/h6-9,19H,5,10-15H2,1-4H3,(H,23,27). The minimum atomic E-state index is 0.0397. The highest BCUT2D eigenvalue weighted by Gasteiger charge is 2.24. The van der Waals surface area contributed by atoms with Gasteiger partial charge in [-0.2, -0.15) is 5.10 Å². The molecular weight excluding hydrogens is 336 g/mol. The van der Waals surface area contributed by atoms with Crippen molar-refractivity contribution in [2.24, 2.45) is 0 Å². The van der Waals surface area contributed by atoms with E-state index in [1.807, 2.05) is 18.5 Å². The van der Waals surface area contributed by atoms with Crippen LogP contribution in [0.2, 0.25) is 0 Å². The molecule has 1 aliphatic heterocycles. The highest BCUT2D eigenvalue weighted by atomic mass is 16.2. The van der Waals surface area contributed by atoms with Crippen molar-refractivity contribution in [3.8, 4) is 0 Å². The van der Waals surface area contributed by atoms with Crippen molar-refractivity contribution >= 4 is 5.91 Å². The van der Waals surface area contributed by atoms with Gasteiger partial charge < -0.3 is 10.2 Å². The van der Waals surface area contributed by atoms with Gasteiger partial charge in [0.1, 0.15) is 6.54 Å². The molecule has 0 radical (unpaired) electrons. The Kier molecular flexibility index (Phi) is 6.32. The number of nitrogens with zero attached hydrogens (tertiary/aromatic N) is 3. The summed E-state index contributed by atoms with van der Waals surface area (Å²) in [7, 11) is 0. The molecule has 0 bridgehead atoms. The number of likely N-dealkylation sites (tertiary alicyclic amines) is 1. The lowest BCUT2D eigenvalue weighted by Crippen LogP contribution is -2.35. The smallest absolute Gasteiger partial charge is 0.241 e. The zero-order valence-electron chi connectivity index (χ0n) is 17.1. The molecule has 0 saturated carbocycles. The summed E-state index contributed by atoms with van der Waals surface area (Å²) in [5.41, 5.74) is 6.24. The first-order valence-electron chi connectivity index (χ1n) is 10.1. The summed E-state index contributed by atoms with van der Waals surface area (Å²) in [5.74, 6) is 0.655. The summed E-state index contributed by atoms with van der Waals surface area (Å²) in [6.07, 6.45) is 2.15. The molecule has 1 aliphatic rings. The maximum atomic E-state index is 12.3. The van der Waals surface area contributed by atoms with E-state index in [1.54, 1.807) is 0 Å². The summed E-state index contributed by atoms with van der Waals surface area (Å²) in [5, 5.41) is 7.56. The normalized spacial score (nSPS) is 17.4. The molecule has 2 aromatic rings. The fourth-order valence-electron chi connectivity index (χ4n) is 4.28. The number of benzene rings is 1. The van der Waals surface area contributed by atoms with E-state index in [-0.39, 0.29) is 5.91 Å². The van der Waals surface area contributed by atoms with Gasteiger partial charge in [0.15, 0.2) is 0 Å². The summed E-state index contributed by atoms with van der Waals surface area (Å²) in [4.78, 5) is 14.7. The molecule has 146 valence electrons. The van der Waals surface area contributed by atoms with E-state index >= 15 is 0 Å². The van der Waals surface area contributed by atoms with Gasteiger partial charge in [-0.25, -0.2) is 0 Å². The molecule has 1 saturated heterocycles. The maximum absolute atomic E-state index is 12.3. The van der Waals surface area contributed by atoms with Crippen LogP contribution in [0.5, 0.6) is 0 Å². The number of amides is 1. The predicted octanol–water partition coefficient (Wildman–Crippen LogP) is 2.98. The van der Waals surface area contributed by atoms with Crippen molar-refractivity contribution in [1.29, 1.82) is 0 Å². The third kappa shape index (κ3) is 4.59. The second-order valence-corrected chi connectivity index (χ2v) is 7.65. The Hall–Kier alpha value is -2.14. The van der Waals surface area contributed by atoms with Crippen molar-refractivity contribution in [3.63, 3.8) is 0 Å². The number of aryl methyl sites for hydroxylation is 2. The third-order valence-electron chi connectivity index (χ3n) is 5.83. The summed E-state index contributed by atoms with van der Waals surface area (Å²) in [6, 6.07) is 8.69. The zero-order chi connectivity index (χ0) is 19.4. The molecule has 1 amide bonds. The van der Waals surface area contributed by atoms with Crippen LogP contribution in [0, 0.1) is 20.8 Å². The predicted molar refractivity (Wildman–Crippen MR) is 109 cm³/mol. The van der Waals surface area contributed by atoms with Gasteiger partial charge in [0.05, 0.1) is 5.69 Å². The fraction of sp³-hybridized carbons (Fsp3) is 0.545. The van der Waals surface area contributed by atoms with Crippen LogP contribution in [0.15, 0.2) is 24.3 Å². The first-order valence-corrected chi connectivity index (χ1v) is 10.1. The van der Waals surface area contributed by atoms with Crippen LogP contribution < -0.4 is 5.32 Å². The molecule has 1 unspecified atom stereocenters. The topological polar surface area (TPSA) is 50.2 Å². The molecule has 3 rings (SSSR count). The Bertz CT molecular complexity index is 796. The van der Waals surface area contributed by atoms with E-state index in [2.05, 4.69) is 53.4 Å². The monoisotopic (exact) mass is 368 g/mol. The average molecular weight is 369 g/mol. The van der Waals surface area contributed by atoms with E-state index in [1.165, 1.54) is 23.1 Å². The van der Waals surface area contributed by atoms with Crippen molar-refractivity contribution < 1.29 is 4.79 Å². The number of hydrogen-bond acceptors (Lipinski definition) is 3. The molecule has 0 aliphatic carbocycles. The number of carbonyl (C=O) groups is 1. The zero-order valence-corrected chi connectivity index (χ0v) is 17.1. The van der Waals surface area contributed by atoms with Crippen LogP contribution >= 0.6 is 0 Å². The Morgan fingerprint density at radius 3 is 2.74 bits per heavy atom. The lowest BCUT2D eigenvalue weighted by Gasteiger charge is -2.17. The number of carbonyl (C=O) groups excluding carboxylic acids is 1. The largest absolute Gasteiger partial charge is 0.353 e. The second kappa shape index (κ2) is 8.70. The lowest BCUT2D eigenvalue weighted by molar-refractivity contribution is -0.121. The quantitative estimate of drug-likeness (QED) is 0.817. The minimum absolute atomic E-state index is 0.0397. The molecule has 1 aromatic carbocycles. The van der Waals surface area contributed by atoms with Crippen LogP contribution in [0.25, 0.3) is 0 Å². The first-order chi connectivity index (χ1) is 13.0. The van der Waals surface area contributed by atoms with Crippen molar-refractivity contribution in [2.75, 3.05) is 26.2 Å². The molecule has 5 nitrogen and oxygen atoms in total. The highest BCUT2D eigenvalue weighted by Crippen LogP contribution is 2.28. The van der Waals surface area contributed by atoms with Crippen molar-refractivity contribution in [2.45, 2.75) is 53.0 Å². The fourth-order valence-corrected chi connectivity index (χ4v) is 4.28. The van der Waals surface area contributed by atoms with Gasteiger partial charge in [-0.15, -0.1) is 0 Å². The van der Waals surface area contributed by atoms with Crippen LogP contribution in [0.4, 0.5) is 0 Å². The SMILES string of the molecule is CCc1c(C)nn(CC(=O)NCCN2CCC(c3ccccc3C)C2)c1C. The summed E-state index contributed by atoms with van der Waals surface area (Å²) in [6.45, 7) is 12.5. The second-order valence-electron chi connectivity index (χ2n) is 7.65. The highest BCUT2D eigenvalue weighted by molar-refractivity contribution is 5.75. The van der Waals surface area contributed by atoms with Gasteiger partial charge in [0, 0.05) is 25.3 Å². The lowest BCUT2D eigenvalue weighted by atomic mass is 9.94. The molecule has 0 spiro atoms. The molecule has 5 heteroatoms. The molecule has 1 fully saturated rings. The maximum Gasteiger partial charge on any atom is 0.241 e. The molecule has 1 atom stereocenters. The number of rotatable bonds is 7. The Morgan fingerprint density at radius 1 is 1.26 bits per heavy atom.